The van der Waals surface area contributed by atoms with Crippen molar-refractivity contribution in [2.45, 2.75) is 25.7 Å². The van der Waals surface area contributed by atoms with Gasteiger partial charge in [-0.15, -0.1) is 0 Å². The second-order valence-electron chi connectivity index (χ2n) is 6.51. The highest BCUT2D eigenvalue weighted by Crippen LogP contribution is 2.38. The second-order valence-corrected chi connectivity index (χ2v) is 6.51. The van der Waals surface area contributed by atoms with E-state index in [1.807, 2.05) is 32.0 Å². The maximum absolute atomic E-state index is 12.3. The van der Waals surface area contributed by atoms with E-state index in [9.17, 15) is 9.59 Å². The molecule has 5 heteroatoms. The minimum atomic E-state index is -0.263. The van der Waals surface area contributed by atoms with Crippen molar-refractivity contribution in [1.82, 2.24) is 0 Å². The first-order valence-corrected chi connectivity index (χ1v) is 7.65. The fourth-order valence-corrected chi connectivity index (χ4v) is 2.91. The summed E-state index contributed by atoms with van der Waals surface area (Å²) in [4.78, 5) is 24.1. The predicted molar refractivity (Wildman–Crippen MR) is 91.8 cm³/mol. The van der Waals surface area contributed by atoms with Crippen LogP contribution in [0.15, 0.2) is 42.5 Å². The van der Waals surface area contributed by atoms with Crippen LogP contribution in [0.25, 0.3) is 0 Å². The molecule has 2 N–H and O–H groups in total. The van der Waals surface area contributed by atoms with Crippen LogP contribution in [0.5, 0.6) is 0 Å². The van der Waals surface area contributed by atoms with Crippen molar-refractivity contribution in [3.05, 3.63) is 59.2 Å². The standard InChI is InChI=1S/C19H17N3O2/c1-19(2)10-17(23)22-16-9-14(7-8-15(16)19)21-18(24)13-5-3-12(11-20)4-6-13/h3-9H,10H2,1-2H3,(H,21,24)(H,22,23). The number of hydrogen-bond acceptors (Lipinski definition) is 3. The van der Waals surface area contributed by atoms with E-state index in [-0.39, 0.29) is 17.2 Å². The lowest BCUT2D eigenvalue weighted by Crippen LogP contribution is -2.32. The number of nitrogens with one attached hydrogen (secondary N) is 2. The predicted octanol–water partition coefficient (Wildman–Crippen LogP) is 3.43. The molecule has 0 saturated heterocycles. The molecule has 1 aliphatic heterocycles. The van der Waals surface area contributed by atoms with Gasteiger partial charge in [-0.1, -0.05) is 19.9 Å². The van der Waals surface area contributed by atoms with E-state index in [4.69, 9.17) is 5.26 Å². The van der Waals surface area contributed by atoms with Gasteiger partial charge in [0.05, 0.1) is 11.6 Å². The maximum atomic E-state index is 12.3. The van der Waals surface area contributed by atoms with Crippen molar-refractivity contribution in [2.24, 2.45) is 0 Å². The Morgan fingerprint density at radius 3 is 2.58 bits per heavy atom. The third-order valence-corrected chi connectivity index (χ3v) is 4.16. The number of carbonyl (C=O) groups is 2. The molecule has 0 bridgehead atoms. The normalized spacial score (nSPS) is 15.0. The zero-order valence-electron chi connectivity index (χ0n) is 13.5. The SMILES string of the molecule is CC1(C)CC(=O)Nc2cc(NC(=O)c3ccc(C#N)cc3)ccc21. The Morgan fingerprint density at radius 1 is 1.21 bits per heavy atom. The van der Waals surface area contributed by atoms with Gasteiger partial charge in [0.15, 0.2) is 0 Å². The van der Waals surface area contributed by atoms with E-state index in [1.54, 1.807) is 30.3 Å². The zero-order valence-corrected chi connectivity index (χ0v) is 13.5. The second kappa shape index (κ2) is 5.82. The number of amides is 2. The van der Waals surface area contributed by atoms with E-state index in [2.05, 4.69) is 10.6 Å². The molecule has 0 atom stereocenters. The van der Waals surface area contributed by atoms with Crippen LogP contribution >= 0.6 is 0 Å². The lowest BCUT2D eigenvalue weighted by atomic mass is 9.78. The smallest absolute Gasteiger partial charge is 0.255 e. The molecule has 0 fully saturated rings. The number of hydrogen-bond donors (Lipinski definition) is 2. The largest absolute Gasteiger partial charge is 0.326 e. The summed E-state index contributed by atoms with van der Waals surface area (Å²) < 4.78 is 0. The lowest BCUT2D eigenvalue weighted by Gasteiger charge is -2.32. The summed E-state index contributed by atoms with van der Waals surface area (Å²) >= 11 is 0. The Kier molecular flexibility index (Phi) is 3.82. The van der Waals surface area contributed by atoms with Crippen molar-refractivity contribution in [3.63, 3.8) is 0 Å². The number of carbonyl (C=O) groups excluding carboxylic acids is 2. The summed E-state index contributed by atoms with van der Waals surface area (Å²) in [6.07, 6.45) is 0.441. The zero-order chi connectivity index (χ0) is 17.3. The molecule has 5 nitrogen and oxygen atoms in total. The number of benzene rings is 2. The molecule has 2 aromatic rings. The van der Waals surface area contributed by atoms with E-state index < -0.39 is 0 Å². The van der Waals surface area contributed by atoms with Gasteiger partial charge in [0, 0.05) is 28.8 Å². The summed E-state index contributed by atoms with van der Waals surface area (Å²) in [5, 5.41) is 14.5. The summed E-state index contributed by atoms with van der Waals surface area (Å²) in [5.74, 6) is -0.288. The van der Waals surface area contributed by atoms with Crippen LogP contribution in [-0.4, -0.2) is 11.8 Å². The Hall–Kier alpha value is -3.13. The van der Waals surface area contributed by atoms with Crippen LogP contribution in [-0.2, 0) is 10.2 Å². The Morgan fingerprint density at radius 2 is 1.92 bits per heavy atom. The molecule has 0 radical (unpaired) electrons. The average Bonchev–Trinajstić information content (AvgIpc) is 2.53. The first kappa shape index (κ1) is 15.8. The van der Waals surface area contributed by atoms with Gasteiger partial charge in [0.2, 0.25) is 5.91 Å². The third kappa shape index (κ3) is 2.99. The first-order chi connectivity index (χ1) is 11.4. The van der Waals surface area contributed by atoms with Gasteiger partial charge < -0.3 is 10.6 Å². The highest BCUT2D eigenvalue weighted by atomic mass is 16.2. The molecule has 0 aromatic heterocycles. The fourth-order valence-electron chi connectivity index (χ4n) is 2.91. The molecule has 24 heavy (non-hydrogen) atoms. The van der Waals surface area contributed by atoms with Gasteiger partial charge in [-0.05, 0) is 42.0 Å². The highest BCUT2D eigenvalue weighted by molar-refractivity contribution is 6.05. The summed E-state index contributed by atoms with van der Waals surface area (Å²) in [7, 11) is 0. The van der Waals surface area contributed by atoms with Gasteiger partial charge in [-0.3, -0.25) is 9.59 Å². The topological polar surface area (TPSA) is 82.0 Å². The van der Waals surface area contributed by atoms with Crippen LogP contribution in [0.4, 0.5) is 11.4 Å². The van der Waals surface area contributed by atoms with Crippen molar-refractivity contribution >= 4 is 23.2 Å². The molecule has 0 aliphatic carbocycles. The molecular formula is C19H17N3O2. The van der Waals surface area contributed by atoms with Crippen LogP contribution in [0.3, 0.4) is 0 Å². The summed E-state index contributed by atoms with van der Waals surface area (Å²) in [6.45, 7) is 4.05. The molecule has 3 rings (SSSR count). The first-order valence-electron chi connectivity index (χ1n) is 7.65. The minimum Gasteiger partial charge on any atom is -0.326 e. The molecule has 0 unspecified atom stereocenters. The number of anilines is 2. The van der Waals surface area contributed by atoms with Crippen LogP contribution in [0.1, 0.15) is 41.8 Å². The molecular weight excluding hydrogens is 302 g/mol. The number of nitriles is 1. The number of rotatable bonds is 2. The van der Waals surface area contributed by atoms with Crippen molar-refractivity contribution < 1.29 is 9.59 Å². The highest BCUT2D eigenvalue weighted by Gasteiger charge is 2.31. The van der Waals surface area contributed by atoms with Gasteiger partial charge in [-0.2, -0.15) is 5.26 Å². The minimum absolute atomic E-state index is 0.0249. The Bertz CT molecular complexity index is 861. The average molecular weight is 319 g/mol. The molecule has 0 spiro atoms. The summed E-state index contributed by atoms with van der Waals surface area (Å²) in [5.41, 5.74) is 3.14. The van der Waals surface area contributed by atoms with E-state index in [0.29, 0.717) is 23.2 Å². The van der Waals surface area contributed by atoms with Gasteiger partial charge >= 0.3 is 0 Å². The van der Waals surface area contributed by atoms with Crippen molar-refractivity contribution in [1.29, 1.82) is 5.26 Å². The molecule has 120 valence electrons. The van der Waals surface area contributed by atoms with E-state index in [0.717, 1.165) is 11.3 Å². The van der Waals surface area contributed by atoms with E-state index >= 15 is 0 Å². The molecule has 2 aromatic carbocycles. The molecule has 2 amide bonds. The Labute approximate surface area is 140 Å². The van der Waals surface area contributed by atoms with Gasteiger partial charge in [0.25, 0.3) is 5.91 Å². The van der Waals surface area contributed by atoms with Crippen LogP contribution in [0, 0.1) is 11.3 Å². The maximum Gasteiger partial charge on any atom is 0.255 e. The number of nitrogens with zero attached hydrogens (tertiary/aromatic N) is 1. The van der Waals surface area contributed by atoms with Crippen LogP contribution in [0.2, 0.25) is 0 Å². The summed E-state index contributed by atoms with van der Waals surface area (Å²) in [6, 6.07) is 14.0. The van der Waals surface area contributed by atoms with E-state index in [1.165, 1.54) is 0 Å². The van der Waals surface area contributed by atoms with Gasteiger partial charge in [-0.25, -0.2) is 0 Å². The molecule has 1 heterocycles. The lowest BCUT2D eigenvalue weighted by molar-refractivity contribution is -0.117. The quantitative estimate of drug-likeness (QED) is 0.889. The number of fused-ring (bicyclic) bond motifs is 1. The van der Waals surface area contributed by atoms with Crippen molar-refractivity contribution in [2.75, 3.05) is 10.6 Å². The van der Waals surface area contributed by atoms with Crippen molar-refractivity contribution in [3.8, 4) is 6.07 Å². The molecule has 1 aliphatic rings. The fraction of sp³-hybridized carbons (Fsp3) is 0.211. The van der Waals surface area contributed by atoms with Gasteiger partial charge in [0.1, 0.15) is 0 Å². The third-order valence-electron chi connectivity index (χ3n) is 4.16. The molecule has 0 saturated carbocycles. The van der Waals surface area contributed by atoms with Crippen LogP contribution < -0.4 is 10.6 Å². The Balaban J connectivity index is 1.83. The monoisotopic (exact) mass is 319 g/mol.